The normalized spacial score (nSPS) is 17.2. The van der Waals surface area contributed by atoms with E-state index in [0.29, 0.717) is 42.9 Å². The van der Waals surface area contributed by atoms with Crippen molar-refractivity contribution in [3.63, 3.8) is 0 Å². The van der Waals surface area contributed by atoms with Gasteiger partial charge in [-0.25, -0.2) is 4.68 Å². The fraction of sp³-hybridized carbons (Fsp3) is 0.483. The van der Waals surface area contributed by atoms with E-state index in [9.17, 15) is 5.11 Å². The zero-order valence-electron chi connectivity index (χ0n) is 21.9. The van der Waals surface area contributed by atoms with E-state index in [-0.39, 0.29) is 0 Å². The zero-order chi connectivity index (χ0) is 25.6. The topological polar surface area (TPSA) is 72.2 Å². The summed E-state index contributed by atoms with van der Waals surface area (Å²) in [6, 6.07) is 17.7. The van der Waals surface area contributed by atoms with Crippen molar-refractivity contribution in [2.75, 3.05) is 53.0 Å². The predicted molar refractivity (Wildman–Crippen MR) is 143 cm³/mol. The lowest BCUT2D eigenvalue weighted by Gasteiger charge is -2.31. The van der Waals surface area contributed by atoms with Gasteiger partial charge in [-0.2, -0.15) is 5.10 Å². The van der Waals surface area contributed by atoms with Gasteiger partial charge in [0.25, 0.3) is 0 Å². The number of ether oxygens (including phenoxy) is 3. The average Bonchev–Trinajstić information content (AvgIpc) is 3.69. The van der Waals surface area contributed by atoms with Gasteiger partial charge in [-0.15, -0.1) is 0 Å². The largest absolute Gasteiger partial charge is 0.493 e. The van der Waals surface area contributed by atoms with E-state index >= 15 is 0 Å². The molecule has 2 aromatic carbocycles. The molecular formula is C29H38N4O4. The molecule has 2 aliphatic rings. The van der Waals surface area contributed by atoms with Crippen molar-refractivity contribution < 1.29 is 19.3 Å². The molecule has 0 bridgehead atoms. The lowest BCUT2D eigenvalue weighted by Crippen LogP contribution is -2.44. The second kappa shape index (κ2) is 12.1. The number of benzene rings is 2. The minimum Gasteiger partial charge on any atom is -0.493 e. The number of aromatic nitrogens is 2. The SMILES string of the molecule is COc1ccccc1Oc1c(CN(CC2CC2)C[C@@H](O)CN2CCOCC2)c(C)nn1-c1ccccc1. The fourth-order valence-electron chi connectivity index (χ4n) is 4.91. The van der Waals surface area contributed by atoms with E-state index in [2.05, 4.69) is 9.80 Å². The number of aliphatic hydroxyl groups excluding tert-OH is 1. The third-order valence-corrected chi connectivity index (χ3v) is 7.05. The number of rotatable bonds is 12. The van der Waals surface area contributed by atoms with Crippen LogP contribution in [0.3, 0.4) is 0 Å². The van der Waals surface area contributed by atoms with Crippen LogP contribution in [0.25, 0.3) is 5.69 Å². The van der Waals surface area contributed by atoms with Crippen molar-refractivity contribution in [1.82, 2.24) is 19.6 Å². The Kier molecular flexibility index (Phi) is 8.41. The second-order valence-corrected chi connectivity index (χ2v) is 10.1. The first-order valence-electron chi connectivity index (χ1n) is 13.3. The lowest BCUT2D eigenvalue weighted by atomic mass is 10.2. The van der Waals surface area contributed by atoms with Crippen molar-refractivity contribution in [2.24, 2.45) is 5.92 Å². The molecule has 5 rings (SSSR count). The van der Waals surface area contributed by atoms with E-state index in [4.69, 9.17) is 19.3 Å². The number of β-amino-alcohol motifs (C(OH)–C–C–N with tert-alkyl or cyclic N) is 1. The molecule has 1 aliphatic carbocycles. The predicted octanol–water partition coefficient (Wildman–Crippen LogP) is 3.89. The molecule has 1 saturated heterocycles. The summed E-state index contributed by atoms with van der Waals surface area (Å²) in [6.07, 6.45) is 2.08. The third kappa shape index (κ3) is 6.70. The van der Waals surface area contributed by atoms with Crippen LogP contribution in [-0.2, 0) is 11.3 Å². The summed E-state index contributed by atoms with van der Waals surface area (Å²) in [7, 11) is 1.65. The molecule has 1 aliphatic heterocycles. The van der Waals surface area contributed by atoms with E-state index in [1.165, 1.54) is 12.8 Å². The molecule has 1 N–H and O–H groups in total. The maximum absolute atomic E-state index is 11.0. The number of para-hydroxylation sites is 3. The van der Waals surface area contributed by atoms with Crippen molar-refractivity contribution in [3.8, 4) is 23.1 Å². The quantitative estimate of drug-likeness (QED) is 0.400. The number of methoxy groups -OCH3 is 1. The molecule has 0 amide bonds. The van der Waals surface area contributed by atoms with Gasteiger partial charge in [-0.1, -0.05) is 30.3 Å². The van der Waals surface area contributed by atoms with Gasteiger partial charge >= 0.3 is 0 Å². The highest BCUT2D eigenvalue weighted by Gasteiger charge is 2.29. The summed E-state index contributed by atoms with van der Waals surface area (Å²) in [5.41, 5.74) is 2.87. The molecule has 0 spiro atoms. The Morgan fingerprint density at radius 3 is 2.46 bits per heavy atom. The van der Waals surface area contributed by atoms with Crippen molar-refractivity contribution in [2.45, 2.75) is 32.4 Å². The number of aryl methyl sites for hydroxylation is 1. The van der Waals surface area contributed by atoms with Crippen LogP contribution in [-0.4, -0.2) is 83.8 Å². The maximum Gasteiger partial charge on any atom is 0.227 e. The zero-order valence-corrected chi connectivity index (χ0v) is 21.9. The van der Waals surface area contributed by atoms with E-state index < -0.39 is 6.10 Å². The van der Waals surface area contributed by atoms with Crippen LogP contribution < -0.4 is 9.47 Å². The molecule has 2 heterocycles. The third-order valence-electron chi connectivity index (χ3n) is 7.05. The van der Waals surface area contributed by atoms with Crippen LogP contribution >= 0.6 is 0 Å². The molecule has 3 aromatic rings. The van der Waals surface area contributed by atoms with Gasteiger partial charge in [0.1, 0.15) is 0 Å². The minimum atomic E-state index is -0.431. The van der Waals surface area contributed by atoms with Crippen LogP contribution in [0.5, 0.6) is 17.4 Å². The van der Waals surface area contributed by atoms with Crippen LogP contribution in [0, 0.1) is 12.8 Å². The van der Waals surface area contributed by atoms with Gasteiger partial charge in [0, 0.05) is 39.3 Å². The summed E-state index contributed by atoms with van der Waals surface area (Å²) in [5, 5.41) is 15.9. The molecule has 37 heavy (non-hydrogen) atoms. The Bertz CT molecular complexity index is 1140. The van der Waals surface area contributed by atoms with E-state index in [1.54, 1.807) is 7.11 Å². The number of hydrogen-bond donors (Lipinski definition) is 1. The number of aliphatic hydroxyl groups is 1. The molecule has 1 aromatic heterocycles. The van der Waals surface area contributed by atoms with Gasteiger partial charge in [0.15, 0.2) is 11.5 Å². The summed E-state index contributed by atoms with van der Waals surface area (Å²) < 4.78 is 19.5. The highest BCUT2D eigenvalue weighted by molar-refractivity contribution is 5.47. The Morgan fingerprint density at radius 1 is 1.05 bits per heavy atom. The van der Waals surface area contributed by atoms with Gasteiger partial charge in [-0.3, -0.25) is 9.80 Å². The van der Waals surface area contributed by atoms with Crippen LogP contribution in [0.4, 0.5) is 0 Å². The standard InChI is InChI=1S/C29H38N4O4/c1-22-26(21-32(18-23-12-13-23)20-25(34)19-31-14-16-36-17-15-31)29(33(30-22)24-8-4-3-5-9-24)37-28-11-7-6-10-27(28)35-2/h3-11,23,25,34H,12-21H2,1-2H3/t25-/m0/s1. The number of morpholine rings is 1. The van der Waals surface area contributed by atoms with Crippen LogP contribution in [0.2, 0.25) is 0 Å². The summed E-state index contributed by atoms with van der Waals surface area (Å²) >= 11 is 0. The highest BCUT2D eigenvalue weighted by atomic mass is 16.5. The summed E-state index contributed by atoms with van der Waals surface area (Å²) in [6.45, 7) is 8.14. The van der Waals surface area contributed by atoms with Crippen molar-refractivity contribution in [3.05, 3.63) is 65.9 Å². The molecule has 1 atom stereocenters. The Hall–Kier alpha value is -2.91. The minimum absolute atomic E-state index is 0.431. The lowest BCUT2D eigenvalue weighted by molar-refractivity contribution is 0.00585. The first kappa shape index (κ1) is 25.7. The molecule has 0 unspecified atom stereocenters. The average molecular weight is 507 g/mol. The van der Waals surface area contributed by atoms with E-state index in [0.717, 1.165) is 49.8 Å². The molecule has 2 fully saturated rings. The first-order valence-corrected chi connectivity index (χ1v) is 13.3. The van der Waals surface area contributed by atoms with E-state index in [1.807, 2.05) is 66.2 Å². The molecular weight excluding hydrogens is 468 g/mol. The molecule has 8 nitrogen and oxygen atoms in total. The van der Waals surface area contributed by atoms with Crippen LogP contribution in [0.15, 0.2) is 54.6 Å². The first-order chi connectivity index (χ1) is 18.1. The highest BCUT2D eigenvalue weighted by Crippen LogP contribution is 2.37. The smallest absolute Gasteiger partial charge is 0.227 e. The Morgan fingerprint density at radius 2 is 1.76 bits per heavy atom. The number of hydrogen-bond acceptors (Lipinski definition) is 7. The fourth-order valence-corrected chi connectivity index (χ4v) is 4.91. The summed E-state index contributed by atoms with van der Waals surface area (Å²) in [4.78, 5) is 4.66. The Labute approximate surface area is 219 Å². The Balaban J connectivity index is 1.42. The molecule has 0 radical (unpaired) electrons. The summed E-state index contributed by atoms with van der Waals surface area (Å²) in [5.74, 6) is 2.68. The van der Waals surface area contributed by atoms with Gasteiger partial charge in [0.2, 0.25) is 5.88 Å². The van der Waals surface area contributed by atoms with Gasteiger partial charge in [0.05, 0.1) is 43.4 Å². The van der Waals surface area contributed by atoms with Crippen molar-refractivity contribution in [1.29, 1.82) is 0 Å². The maximum atomic E-state index is 11.0. The van der Waals surface area contributed by atoms with Crippen LogP contribution in [0.1, 0.15) is 24.1 Å². The second-order valence-electron chi connectivity index (χ2n) is 10.1. The molecule has 8 heteroatoms. The van der Waals surface area contributed by atoms with Gasteiger partial charge < -0.3 is 19.3 Å². The van der Waals surface area contributed by atoms with Gasteiger partial charge in [-0.05, 0) is 49.9 Å². The monoisotopic (exact) mass is 506 g/mol. The molecule has 198 valence electrons. The van der Waals surface area contributed by atoms with Crippen molar-refractivity contribution >= 4 is 0 Å². The number of nitrogens with zero attached hydrogens (tertiary/aromatic N) is 4. The molecule has 1 saturated carbocycles.